The Hall–Kier alpha value is -0.860. The van der Waals surface area contributed by atoms with Crippen LogP contribution >= 0.6 is 0 Å². The van der Waals surface area contributed by atoms with Gasteiger partial charge in [0.1, 0.15) is 0 Å². The van der Waals surface area contributed by atoms with E-state index >= 15 is 0 Å². The molecule has 0 saturated heterocycles. The van der Waals surface area contributed by atoms with Gasteiger partial charge in [0, 0.05) is 6.42 Å². The van der Waals surface area contributed by atoms with Crippen molar-refractivity contribution in [3.8, 4) is 0 Å². The van der Waals surface area contributed by atoms with Crippen LogP contribution < -0.4 is 0 Å². The first-order chi connectivity index (χ1) is 10.2. The van der Waals surface area contributed by atoms with Gasteiger partial charge >= 0.3 is 5.95 Å². The summed E-state index contributed by atoms with van der Waals surface area (Å²) in [6.07, 6.45) is 18.5. The number of hydrogen-bond donors (Lipinski definition) is 3. The van der Waals surface area contributed by atoms with Gasteiger partial charge in [-0.15, -0.1) is 0 Å². The third kappa shape index (κ3) is 15.3. The molecule has 0 aromatic carbocycles. The average molecular weight is 300 g/mol. The first-order valence-electron chi connectivity index (χ1n) is 8.98. The third-order valence-corrected chi connectivity index (χ3v) is 4.03. The number of unbranched alkanes of at least 4 members (excludes halogenated alkanes) is 13. The quantitative estimate of drug-likeness (QED) is 0.233. The Balaban J connectivity index is 3.08. The van der Waals surface area contributed by atoms with Gasteiger partial charge in [0.05, 0.1) is 0 Å². The Morgan fingerprint density at radius 3 is 1.19 bits per heavy atom. The van der Waals surface area contributed by atoms with Crippen LogP contribution in [0.2, 0.25) is 0 Å². The van der Waals surface area contributed by atoms with Gasteiger partial charge in [0.2, 0.25) is 0 Å². The molecule has 0 fully saturated rings. The van der Waals surface area contributed by atoms with Crippen molar-refractivity contribution in [1.29, 1.82) is 0 Å². The van der Waals surface area contributed by atoms with E-state index in [0.29, 0.717) is 6.42 Å². The van der Waals surface area contributed by atoms with E-state index in [4.69, 9.17) is 15.3 Å². The summed E-state index contributed by atoms with van der Waals surface area (Å²) in [6.45, 7) is 2.26. The van der Waals surface area contributed by atoms with Crippen LogP contribution in [-0.2, 0) is 0 Å². The Kier molecular flexibility index (Phi) is 14.9. The van der Waals surface area contributed by atoms with E-state index in [9.17, 15) is 0 Å². The van der Waals surface area contributed by atoms with E-state index in [1.807, 2.05) is 0 Å². The van der Waals surface area contributed by atoms with Crippen molar-refractivity contribution in [3.63, 3.8) is 0 Å². The maximum atomic E-state index is 9.10. The van der Waals surface area contributed by atoms with E-state index in [2.05, 4.69) is 6.92 Å². The second kappa shape index (κ2) is 15.5. The lowest BCUT2D eigenvalue weighted by Crippen LogP contribution is -1.90. The standard InChI is InChI=1S/C18H36O3/c1-2-3-4-5-6-7-8-9-10-11-12-13-14-15-16-17(19)18(20)21/h19-21H,2-16H2,1H3. The summed E-state index contributed by atoms with van der Waals surface area (Å²) in [5.74, 6) is -1.21. The Bertz CT molecular complexity index is 245. The smallest absolute Gasteiger partial charge is 0.313 e. The topological polar surface area (TPSA) is 60.7 Å². The lowest BCUT2D eigenvalue weighted by molar-refractivity contribution is 0.153. The van der Waals surface area contributed by atoms with Crippen molar-refractivity contribution in [2.75, 3.05) is 0 Å². The van der Waals surface area contributed by atoms with Gasteiger partial charge in [-0.2, -0.15) is 0 Å². The van der Waals surface area contributed by atoms with Gasteiger partial charge in [-0.25, -0.2) is 0 Å². The van der Waals surface area contributed by atoms with Crippen LogP contribution in [0.5, 0.6) is 0 Å². The van der Waals surface area contributed by atoms with E-state index < -0.39 is 5.95 Å². The average Bonchev–Trinajstić information content (AvgIpc) is 2.47. The number of aliphatic hydroxyl groups excluding tert-OH is 2. The molecular formula is C18H36O3. The Labute approximate surface area is 131 Å². The molecule has 0 spiro atoms. The summed E-state index contributed by atoms with van der Waals surface area (Å²) in [4.78, 5) is 0. The molecule has 0 aliphatic heterocycles. The number of allylic oxidation sites excluding steroid dienone is 1. The van der Waals surface area contributed by atoms with E-state index in [-0.39, 0.29) is 5.76 Å². The van der Waals surface area contributed by atoms with Crippen molar-refractivity contribution >= 4 is 0 Å². The van der Waals surface area contributed by atoms with Crippen LogP contribution in [0.15, 0.2) is 11.7 Å². The summed E-state index contributed by atoms with van der Waals surface area (Å²) in [7, 11) is 0. The SMILES string of the molecule is CCCCCCCCCCCCCCCCC(O)=C(O)O. The molecule has 3 heteroatoms. The fourth-order valence-corrected chi connectivity index (χ4v) is 2.60. The molecule has 0 radical (unpaired) electrons. The summed E-state index contributed by atoms with van der Waals surface area (Å²) in [5.41, 5.74) is 0. The molecule has 0 aliphatic carbocycles. The highest BCUT2D eigenvalue weighted by atomic mass is 16.5. The minimum atomic E-state index is -0.926. The van der Waals surface area contributed by atoms with Gasteiger partial charge in [-0.05, 0) is 6.42 Å². The molecule has 0 heterocycles. The van der Waals surface area contributed by atoms with Crippen molar-refractivity contribution in [2.24, 2.45) is 0 Å². The second-order valence-electron chi connectivity index (χ2n) is 6.12. The molecule has 0 saturated carbocycles. The summed E-state index contributed by atoms with van der Waals surface area (Å²) in [6, 6.07) is 0. The van der Waals surface area contributed by atoms with Crippen LogP contribution in [0.3, 0.4) is 0 Å². The van der Waals surface area contributed by atoms with Crippen LogP contribution in [0.25, 0.3) is 0 Å². The first-order valence-corrected chi connectivity index (χ1v) is 8.98. The number of hydrogen-bond acceptors (Lipinski definition) is 3. The van der Waals surface area contributed by atoms with Crippen molar-refractivity contribution in [2.45, 2.75) is 103 Å². The molecule has 3 N–H and O–H groups in total. The van der Waals surface area contributed by atoms with E-state index in [0.717, 1.165) is 12.8 Å². The molecule has 0 atom stereocenters. The maximum Gasteiger partial charge on any atom is 0.313 e. The molecule has 0 amide bonds. The van der Waals surface area contributed by atoms with Gasteiger partial charge < -0.3 is 15.3 Å². The zero-order valence-electron chi connectivity index (χ0n) is 13.9. The van der Waals surface area contributed by atoms with Gasteiger partial charge in [0.15, 0.2) is 5.76 Å². The van der Waals surface area contributed by atoms with Gasteiger partial charge in [0.25, 0.3) is 0 Å². The summed E-state index contributed by atoms with van der Waals surface area (Å²) < 4.78 is 0. The highest BCUT2D eigenvalue weighted by Gasteiger charge is 2.00. The van der Waals surface area contributed by atoms with Crippen molar-refractivity contribution in [1.82, 2.24) is 0 Å². The zero-order chi connectivity index (χ0) is 15.8. The minimum absolute atomic E-state index is 0.283. The van der Waals surface area contributed by atoms with Crippen LogP contribution in [0.1, 0.15) is 103 Å². The molecular weight excluding hydrogens is 264 g/mol. The predicted molar refractivity (Wildman–Crippen MR) is 89.8 cm³/mol. The number of aliphatic hydroxyl groups is 3. The van der Waals surface area contributed by atoms with Crippen molar-refractivity contribution < 1.29 is 15.3 Å². The fraction of sp³-hybridized carbons (Fsp3) is 0.889. The van der Waals surface area contributed by atoms with Crippen LogP contribution in [0, 0.1) is 0 Å². The fourth-order valence-electron chi connectivity index (χ4n) is 2.60. The Morgan fingerprint density at radius 1 is 0.524 bits per heavy atom. The third-order valence-electron chi connectivity index (χ3n) is 4.03. The highest BCUT2D eigenvalue weighted by Crippen LogP contribution is 2.14. The van der Waals surface area contributed by atoms with Crippen molar-refractivity contribution in [3.05, 3.63) is 11.7 Å². The van der Waals surface area contributed by atoms with Crippen LogP contribution in [0.4, 0.5) is 0 Å². The normalized spacial score (nSPS) is 10.7. The Morgan fingerprint density at radius 2 is 0.857 bits per heavy atom. The maximum absolute atomic E-state index is 9.10. The molecule has 3 nitrogen and oxygen atoms in total. The lowest BCUT2D eigenvalue weighted by atomic mass is 10.0. The van der Waals surface area contributed by atoms with E-state index in [1.165, 1.54) is 77.0 Å². The second-order valence-corrected chi connectivity index (χ2v) is 6.12. The highest BCUT2D eigenvalue weighted by molar-refractivity contribution is 4.88. The first kappa shape index (κ1) is 20.1. The van der Waals surface area contributed by atoms with Gasteiger partial charge in [-0.3, -0.25) is 0 Å². The lowest BCUT2D eigenvalue weighted by Gasteiger charge is -2.03. The predicted octanol–water partition coefficient (Wildman–Crippen LogP) is 6.70. The molecule has 0 rings (SSSR count). The molecule has 0 aliphatic rings. The molecule has 21 heavy (non-hydrogen) atoms. The zero-order valence-corrected chi connectivity index (χ0v) is 13.9. The molecule has 126 valence electrons. The molecule has 0 aromatic rings. The summed E-state index contributed by atoms with van der Waals surface area (Å²) in [5, 5.41) is 26.3. The molecule has 0 aromatic heterocycles. The minimum Gasteiger partial charge on any atom is -0.506 e. The largest absolute Gasteiger partial charge is 0.506 e. The van der Waals surface area contributed by atoms with Crippen LogP contribution in [-0.4, -0.2) is 15.3 Å². The van der Waals surface area contributed by atoms with E-state index in [1.54, 1.807) is 0 Å². The molecule has 0 unspecified atom stereocenters. The number of rotatable bonds is 15. The summed E-state index contributed by atoms with van der Waals surface area (Å²) >= 11 is 0. The van der Waals surface area contributed by atoms with Gasteiger partial charge in [-0.1, -0.05) is 90.4 Å². The monoisotopic (exact) mass is 300 g/mol. The molecule has 0 bridgehead atoms.